The first-order chi connectivity index (χ1) is 15.9. The van der Waals surface area contributed by atoms with Gasteiger partial charge in [0.2, 0.25) is 0 Å². The molecule has 7 nitrogen and oxygen atoms in total. The molecule has 7 heteroatoms. The summed E-state index contributed by atoms with van der Waals surface area (Å²) in [5, 5.41) is 20.9. The fourth-order valence-electron chi connectivity index (χ4n) is 3.91. The van der Waals surface area contributed by atoms with Gasteiger partial charge in [-0.25, -0.2) is 4.79 Å². The van der Waals surface area contributed by atoms with Gasteiger partial charge in [-0.15, -0.1) is 0 Å². The summed E-state index contributed by atoms with van der Waals surface area (Å²) < 4.78 is 1.42. The van der Waals surface area contributed by atoms with Crippen molar-refractivity contribution in [2.45, 2.75) is 58.4 Å². The van der Waals surface area contributed by atoms with Crippen LogP contribution >= 0.6 is 0 Å². The van der Waals surface area contributed by atoms with Gasteiger partial charge in [-0.3, -0.25) is 4.79 Å². The first kappa shape index (κ1) is 22.6. The van der Waals surface area contributed by atoms with Gasteiger partial charge in [0.15, 0.2) is 0 Å². The predicted octanol–water partition coefficient (Wildman–Crippen LogP) is 5.30. The van der Waals surface area contributed by atoms with E-state index in [9.17, 15) is 14.7 Å². The van der Waals surface area contributed by atoms with Crippen LogP contribution in [0.3, 0.4) is 0 Å². The van der Waals surface area contributed by atoms with Crippen molar-refractivity contribution in [2.75, 3.05) is 5.32 Å². The van der Waals surface area contributed by atoms with Crippen molar-refractivity contribution in [2.24, 2.45) is 0 Å². The van der Waals surface area contributed by atoms with Crippen molar-refractivity contribution in [3.63, 3.8) is 0 Å². The molecule has 2 aromatic carbocycles. The number of aromatic hydroxyl groups is 1. The average molecular weight is 447 g/mol. The molecule has 0 radical (unpaired) electrons. The minimum Gasteiger partial charge on any atom is -0.507 e. The van der Waals surface area contributed by atoms with Gasteiger partial charge < -0.3 is 15.7 Å². The van der Waals surface area contributed by atoms with Gasteiger partial charge in [-0.2, -0.15) is 9.78 Å². The number of carbonyl (C=O) groups is 2. The van der Waals surface area contributed by atoms with Crippen LogP contribution < -0.4 is 10.6 Å². The van der Waals surface area contributed by atoms with E-state index in [1.165, 1.54) is 10.7 Å². The standard InChI is InChI=1S/C26H30N4O3/c1-4-17-8-10-19(11-9-17)25(32)28-20-12-13-21(24(31)14-20)22-15-23(18-6-5-7-18)30(29-22)26(33)27-16(2)3/h8-16,18,31H,4-7H2,1-3H3,(H,27,33)(H,28,32). The number of aryl methyl sites for hydroxylation is 1. The Labute approximate surface area is 193 Å². The second kappa shape index (κ2) is 9.48. The Hall–Kier alpha value is -3.61. The highest BCUT2D eigenvalue weighted by atomic mass is 16.3. The van der Waals surface area contributed by atoms with Gasteiger partial charge in [-0.05, 0) is 69.0 Å². The largest absolute Gasteiger partial charge is 0.507 e. The van der Waals surface area contributed by atoms with E-state index in [1.54, 1.807) is 24.3 Å². The third-order valence-electron chi connectivity index (χ3n) is 6.02. The summed E-state index contributed by atoms with van der Waals surface area (Å²) in [6.07, 6.45) is 4.10. The van der Waals surface area contributed by atoms with Crippen LogP contribution in [0.2, 0.25) is 0 Å². The summed E-state index contributed by atoms with van der Waals surface area (Å²) in [6, 6.07) is 14.0. The molecule has 1 aliphatic rings. The third kappa shape index (κ3) is 4.92. The molecule has 0 aliphatic heterocycles. The normalized spacial score (nSPS) is 13.6. The second-order valence-electron chi connectivity index (χ2n) is 8.83. The molecule has 0 bridgehead atoms. The molecule has 1 aliphatic carbocycles. The molecule has 1 saturated carbocycles. The zero-order chi connectivity index (χ0) is 23.5. The maximum Gasteiger partial charge on any atom is 0.342 e. The van der Waals surface area contributed by atoms with Crippen molar-refractivity contribution in [1.29, 1.82) is 0 Å². The summed E-state index contributed by atoms with van der Waals surface area (Å²) in [5.41, 5.74) is 4.10. The molecule has 3 N–H and O–H groups in total. The SMILES string of the molecule is CCc1ccc(C(=O)Nc2ccc(-c3cc(C4CCC4)n(C(=O)NC(C)C)n3)c(O)c2)cc1. The van der Waals surface area contributed by atoms with E-state index in [4.69, 9.17) is 0 Å². The Morgan fingerprint density at radius 3 is 2.42 bits per heavy atom. The lowest BCUT2D eigenvalue weighted by molar-refractivity contribution is 0.102. The number of nitrogens with one attached hydrogen (secondary N) is 2. The van der Waals surface area contributed by atoms with Crippen LogP contribution in [0, 0.1) is 0 Å². The van der Waals surface area contributed by atoms with Crippen LogP contribution in [0.15, 0.2) is 48.5 Å². The lowest BCUT2D eigenvalue weighted by Gasteiger charge is -2.25. The maximum absolute atomic E-state index is 12.7. The van der Waals surface area contributed by atoms with Gasteiger partial charge in [0.1, 0.15) is 5.75 Å². The van der Waals surface area contributed by atoms with E-state index >= 15 is 0 Å². The molecule has 3 aromatic rings. The Balaban J connectivity index is 1.56. The summed E-state index contributed by atoms with van der Waals surface area (Å²) in [5.74, 6) is 0.0406. The number of phenols is 1. The molecule has 0 saturated heterocycles. The molecule has 4 rings (SSSR count). The quantitative estimate of drug-likeness (QED) is 0.478. The average Bonchev–Trinajstić information content (AvgIpc) is 3.16. The molecular weight excluding hydrogens is 416 g/mol. The highest BCUT2D eigenvalue weighted by Gasteiger charge is 2.27. The van der Waals surface area contributed by atoms with Crippen LogP contribution in [-0.2, 0) is 6.42 Å². The number of hydrogen-bond donors (Lipinski definition) is 3. The van der Waals surface area contributed by atoms with E-state index < -0.39 is 0 Å². The highest BCUT2D eigenvalue weighted by molar-refractivity contribution is 6.04. The molecule has 1 fully saturated rings. The Kier molecular flexibility index (Phi) is 6.49. The predicted molar refractivity (Wildman–Crippen MR) is 129 cm³/mol. The van der Waals surface area contributed by atoms with Crippen LogP contribution in [0.5, 0.6) is 5.75 Å². The van der Waals surface area contributed by atoms with Crippen molar-refractivity contribution < 1.29 is 14.7 Å². The fourth-order valence-corrected chi connectivity index (χ4v) is 3.91. The second-order valence-corrected chi connectivity index (χ2v) is 8.83. The number of hydrogen-bond acceptors (Lipinski definition) is 4. The molecule has 2 amide bonds. The van der Waals surface area contributed by atoms with Crippen LogP contribution in [0.25, 0.3) is 11.3 Å². The van der Waals surface area contributed by atoms with Crippen molar-refractivity contribution in [1.82, 2.24) is 15.1 Å². The van der Waals surface area contributed by atoms with Crippen molar-refractivity contribution in [3.05, 3.63) is 65.4 Å². The number of nitrogens with zero attached hydrogens (tertiary/aromatic N) is 2. The van der Waals surface area contributed by atoms with Gasteiger partial charge in [0, 0.05) is 34.8 Å². The van der Waals surface area contributed by atoms with Crippen molar-refractivity contribution >= 4 is 17.6 Å². The fraction of sp³-hybridized carbons (Fsp3) is 0.346. The number of phenolic OH excluding ortho intramolecular Hbond substituents is 1. The Bertz CT molecular complexity index is 1160. The van der Waals surface area contributed by atoms with E-state index in [2.05, 4.69) is 22.7 Å². The number of aromatic nitrogens is 2. The molecule has 1 heterocycles. The summed E-state index contributed by atoms with van der Waals surface area (Å²) >= 11 is 0. The number of benzene rings is 2. The van der Waals surface area contributed by atoms with Crippen LogP contribution in [0.1, 0.15) is 67.6 Å². The van der Waals surface area contributed by atoms with Gasteiger partial charge in [0.25, 0.3) is 5.91 Å². The van der Waals surface area contributed by atoms with E-state index in [1.807, 2.05) is 32.0 Å². The lowest BCUT2D eigenvalue weighted by Crippen LogP contribution is -2.36. The maximum atomic E-state index is 12.7. The Morgan fingerprint density at radius 2 is 1.85 bits per heavy atom. The molecule has 172 valence electrons. The zero-order valence-electron chi connectivity index (χ0n) is 19.3. The van der Waals surface area contributed by atoms with Crippen molar-refractivity contribution in [3.8, 4) is 17.0 Å². The number of amides is 2. The Morgan fingerprint density at radius 1 is 1.12 bits per heavy atom. The topological polar surface area (TPSA) is 96.3 Å². The zero-order valence-corrected chi connectivity index (χ0v) is 19.3. The summed E-state index contributed by atoms with van der Waals surface area (Å²) in [6.45, 7) is 5.87. The number of carbonyl (C=O) groups excluding carboxylic acids is 2. The molecule has 1 aromatic heterocycles. The number of rotatable bonds is 6. The first-order valence-corrected chi connectivity index (χ1v) is 11.5. The van der Waals surface area contributed by atoms with Crippen LogP contribution in [-0.4, -0.2) is 32.9 Å². The monoisotopic (exact) mass is 446 g/mol. The van der Waals surface area contributed by atoms with Gasteiger partial charge >= 0.3 is 6.03 Å². The number of anilines is 1. The summed E-state index contributed by atoms with van der Waals surface area (Å²) in [4.78, 5) is 25.2. The smallest absolute Gasteiger partial charge is 0.342 e. The highest BCUT2D eigenvalue weighted by Crippen LogP contribution is 2.39. The summed E-state index contributed by atoms with van der Waals surface area (Å²) in [7, 11) is 0. The first-order valence-electron chi connectivity index (χ1n) is 11.5. The van der Waals surface area contributed by atoms with E-state index in [0.717, 1.165) is 36.9 Å². The molecule has 33 heavy (non-hydrogen) atoms. The molecule has 0 spiro atoms. The molecular formula is C26H30N4O3. The van der Waals surface area contributed by atoms with Gasteiger partial charge in [-0.1, -0.05) is 25.5 Å². The molecule has 0 atom stereocenters. The van der Waals surface area contributed by atoms with E-state index in [0.29, 0.717) is 28.4 Å². The van der Waals surface area contributed by atoms with E-state index in [-0.39, 0.29) is 23.7 Å². The third-order valence-corrected chi connectivity index (χ3v) is 6.02. The van der Waals surface area contributed by atoms with Gasteiger partial charge in [0.05, 0.1) is 11.4 Å². The lowest BCUT2D eigenvalue weighted by atomic mass is 9.82. The van der Waals surface area contributed by atoms with Crippen LogP contribution in [0.4, 0.5) is 10.5 Å². The molecule has 0 unspecified atom stereocenters. The minimum absolute atomic E-state index is 0.00568. The minimum atomic E-state index is -0.268.